The topological polar surface area (TPSA) is 34.0 Å². The predicted octanol–water partition coefficient (Wildman–Crippen LogP) is 4.33. The van der Waals surface area contributed by atoms with Crippen LogP contribution in [0.5, 0.6) is 0 Å². The molecule has 0 saturated carbocycles. The number of aromatic nitrogens is 3. The summed E-state index contributed by atoms with van der Waals surface area (Å²) >= 11 is 6.31. The minimum absolute atomic E-state index is 0.545. The minimum Gasteiger partial charge on any atom is -0.329 e. The zero-order valence-electron chi connectivity index (χ0n) is 15.1. The SMILES string of the molecule is Cc1ccc(CCn2c3c(c4cc(Cl)cnc42)C2CCCN2CC3)cn1. The fourth-order valence-corrected chi connectivity index (χ4v) is 4.87. The molecule has 2 aliphatic rings. The van der Waals surface area contributed by atoms with Crippen molar-refractivity contribution in [2.75, 3.05) is 13.1 Å². The summed E-state index contributed by atoms with van der Waals surface area (Å²) in [7, 11) is 0. The van der Waals surface area contributed by atoms with Crippen LogP contribution >= 0.6 is 11.6 Å². The number of nitrogens with zero attached hydrogens (tertiary/aromatic N) is 4. The van der Waals surface area contributed by atoms with Crippen LogP contribution in [0.2, 0.25) is 5.02 Å². The van der Waals surface area contributed by atoms with Crippen molar-refractivity contribution in [2.24, 2.45) is 0 Å². The number of fused-ring (bicyclic) bond motifs is 5. The maximum absolute atomic E-state index is 6.31. The Hall–Kier alpha value is -1.91. The number of hydrogen-bond acceptors (Lipinski definition) is 3. The highest BCUT2D eigenvalue weighted by molar-refractivity contribution is 6.31. The van der Waals surface area contributed by atoms with Crippen molar-refractivity contribution in [3.63, 3.8) is 0 Å². The van der Waals surface area contributed by atoms with Crippen LogP contribution in [-0.2, 0) is 19.4 Å². The van der Waals surface area contributed by atoms with E-state index < -0.39 is 0 Å². The molecule has 3 aromatic rings. The molecule has 0 amide bonds. The van der Waals surface area contributed by atoms with E-state index in [9.17, 15) is 0 Å². The Morgan fingerprint density at radius 2 is 2.12 bits per heavy atom. The van der Waals surface area contributed by atoms with Gasteiger partial charge in [-0.15, -0.1) is 0 Å². The normalized spacial score (nSPS) is 19.7. The van der Waals surface area contributed by atoms with Gasteiger partial charge in [-0.25, -0.2) is 4.98 Å². The molecular weight excluding hydrogens is 344 g/mol. The third-order valence-electron chi connectivity index (χ3n) is 5.95. The van der Waals surface area contributed by atoms with Crippen molar-refractivity contribution < 1.29 is 0 Å². The van der Waals surface area contributed by atoms with E-state index >= 15 is 0 Å². The van der Waals surface area contributed by atoms with Gasteiger partial charge in [0.25, 0.3) is 0 Å². The van der Waals surface area contributed by atoms with Crippen LogP contribution in [0.3, 0.4) is 0 Å². The Bertz CT molecular complexity index is 960. The van der Waals surface area contributed by atoms with E-state index in [0.29, 0.717) is 6.04 Å². The molecule has 1 fully saturated rings. The molecular formula is C21H23ClN4. The van der Waals surface area contributed by atoms with E-state index in [0.717, 1.165) is 42.3 Å². The largest absolute Gasteiger partial charge is 0.329 e. The first-order valence-electron chi connectivity index (χ1n) is 9.53. The molecule has 0 spiro atoms. The number of rotatable bonds is 3. The van der Waals surface area contributed by atoms with Crippen LogP contribution in [0, 0.1) is 6.92 Å². The Morgan fingerprint density at radius 1 is 1.19 bits per heavy atom. The van der Waals surface area contributed by atoms with Crippen LogP contribution in [0.15, 0.2) is 30.6 Å². The minimum atomic E-state index is 0.545. The van der Waals surface area contributed by atoms with Gasteiger partial charge in [0, 0.05) is 54.7 Å². The van der Waals surface area contributed by atoms with Gasteiger partial charge >= 0.3 is 0 Å². The molecule has 0 bridgehead atoms. The summed E-state index contributed by atoms with van der Waals surface area (Å²) in [5, 5.41) is 1.99. The number of hydrogen-bond donors (Lipinski definition) is 0. The molecule has 0 aromatic carbocycles. The molecule has 1 unspecified atom stereocenters. The molecule has 1 saturated heterocycles. The lowest BCUT2D eigenvalue weighted by atomic mass is 9.96. The van der Waals surface area contributed by atoms with Gasteiger partial charge in [0.15, 0.2) is 0 Å². The average Bonchev–Trinajstić information content (AvgIpc) is 3.23. The van der Waals surface area contributed by atoms with Gasteiger partial charge in [-0.2, -0.15) is 0 Å². The highest BCUT2D eigenvalue weighted by atomic mass is 35.5. The summed E-state index contributed by atoms with van der Waals surface area (Å²) < 4.78 is 2.44. The van der Waals surface area contributed by atoms with Crippen LogP contribution in [-0.4, -0.2) is 32.5 Å². The second-order valence-corrected chi connectivity index (χ2v) is 7.97. The van der Waals surface area contributed by atoms with Gasteiger partial charge in [0.2, 0.25) is 0 Å². The Balaban J connectivity index is 1.57. The highest BCUT2D eigenvalue weighted by Crippen LogP contribution is 2.43. The molecule has 4 nitrogen and oxygen atoms in total. The summed E-state index contributed by atoms with van der Waals surface area (Å²) in [5.41, 5.74) is 6.39. The summed E-state index contributed by atoms with van der Waals surface area (Å²) in [6.45, 7) is 5.35. The lowest BCUT2D eigenvalue weighted by Crippen LogP contribution is -2.31. The van der Waals surface area contributed by atoms with E-state index in [-0.39, 0.29) is 0 Å². The van der Waals surface area contributed by atoms with Crippen molar-refractivity contribution in [3.05, 3.63) is 58.1 Å². The lowest BCUT2D eigenvalue weighted by Gasteiger charge is -2.30. The molecule has 1 atom stereocenters. The van der Waals surface area contributed by atoms with Crippen LogP contribution < -0.4 is 0 Å². The van der Waals surface area contributed by atoms with Crippen molar-refractivity contribution >= 4 is 22.6 Å². The third-order valence-corrected chi connectivity index (χ3v) is 6.15. The van der Waals surface area contributed by atoms with E-state index in [1.807, 2.05) is 13.1 Å². The Kier molecular flexibility index (Phi) is 3.98. The number of halogens is 1. The Morgan fingerprint density at radius 3 is 2.96 bits per heavy atom. The van der Waals surface area contributed by atoms with Crippen LogP contribution in [0.1, 0.15) is 41.4 Å². The lowest BCUT2D eigenvalue weighted by molar-refractivity contribution is 0.242. The molecule has 3 aromatic heterocycles. The number of pyridine rings is 2. The third kappa shape index (κ3) is 2.63. The van der Waals surface area contributed by atoms with Crippen molar-refractivity contribution in [2.45, 2.75) is 45.2 Å². The average molecular weight is 367 g/mol. The van der Waals surface area contributed by atoms with Gasteiger partial charge in [0.1, 0.15) is 5.65 Å². The zero-order chi connectivity index (χ0) is 17.7. The second-order valence-electron chi connectivity index (χ2n) is 7.54. The maximum atomic E-state index is 6.31. The molecule has 0 radical (unpaired) electrons. The summed E-state index contributed by atoms with van der Waals surface area (Å²) in [4.78, 5) is 11.8. The van der Waals surface area contributed by atoms with Crippen molar-refractivity contribution in [3.8, 4) is 0 Å². The molecule has 5 heterocycles. The summed E-state index contributed by atoms with van der Waals surface area (Å²) in [6.07, 6.45) is 8.40. The predicted molar refractivity (Wildman–Crippen MR) is 105 cm³/mol. The quantitative estimate of drug-likeness (QED) is 0.691. The van der Waals surface area contributed by atoms with Gasteiger partial charge in [0.05, 0.1) is 5.02 Å². The van der Waals surface area contributed by atoms with Gasteiger partial charge in [-0.1, -0.05) is 17.7 Å². The maximum Gasteiger partial charge on any atom is 0.140 e. The van der Waals surface area contributed by atoms with E-state index in [4.69, 9.17) is 16.6 Å². The standard InChI is InChI=1S/C21H23ClN4/c1-14-4-5-15(12-23-14)6-10-26-19-7-9-25-8-2-3-18(25)20(19)17-11-16(22)13-24-21(17)26/h4-5,11-13,18H,2-3,6-10H2,1H3. The summed E-state index contributed by atoms with van der Waals surface area (Å²) in [5.74, 6) is 0. The first-order chi connectivity index (χ1) is 12.7. The van der Waals surface area contributed by atoms with Gasteiger partial charge in [-0.3, -0.25) is 9.88 Å². The molecule has 5 rings (SSSR count). The first-order valence-corrected chi connectivity index (χ1v) is 9.90. The van der Waals surface area contributed by atoms with E-state index in [1.165, 1.54) is 41.6 Å². The highest BCUT2D eigenvalue weighted by Gasteiger charge is 2.35. The number of aryl methyl sites for hydroxylation is 3. The Labute approximate surface area is 158 Å². The molecule has 134 valence electrons. The van der Waals surface area contributed by atoms with Crippen LogP contribution in [0.25, 0.3) is 11.0 Å². The zero-order valence-corrected chi connectivity index (χ0v) is 15.8. The molecule has 5 heteroatoms. The fourth-order valence-electron chi connectivity index (χ4n) is 4.71. The van der Waals surface area contributed by atoms with Crippen molar-refractivity contribution in [1.29, 1.82) is 0 Å². The van der Waals surface area contributed by atoms with Crippen LogP contribution in [0.4, 0.5) is 0 Å². The van der Waals surface area contributed by atoms with Gasteiger partial charge < -0.3 is 4.57 Å². The molecule has 0 N–H and O–H groups in total. The van der Waals surface area contributed by atoms with E-state index in [1.54, 1.807) is 6.20 Å². The molecule has 26 heavy (non-hydrogen) atoms. The molecule has 0 aliphatic carbocycles. The monoisotopic (exact) mass is 366 g/mol. The molecule has 2 aliphatic heterocycles. The van der Waals surface area contributed by atoms with Crippen molar-refractivity contribution in [1.82, 2.24) is 19.4 Å². The van der Waals surface area contributed by atoms with E-state index in [2.05, 4.69) is 32.7 Å². The summed E-state index contributed by atoms with van der Waals surface area (Å²) in [6, 6.07) is 6.94. The van der Waals surface area contributed by atoms with Gasteiger partial charge in [-0.05, 0) is 56.0 Å². The fraction of sp³-hybridized carbons (Fsp3) is 0.429. The first kappa shape index (κ1) is 16.3. The smallest absolute Gasteiger partial charge is 0.140 e. The second kappa shape index (κ2) is 6.36.